The van der Waals surface area contributed by atoms with Crippen LogP contribution in [0.1, 0.15) is 38.1 Å². The number of aromatic nitrogens is 3. The van der Waals surface area contributed by atoms with Crippen LogP contribution in [0.5, 0.6) is 0 Å². The second kappa shape index (κ2) is 10.3. The average Bonchev–Trinajstić information content (AvgIpc) is 2.74. The van der Waals surface area contributed by atoms with Gasteiger partial charge in [0.1, 0.15) is 23.4 Å². The van der Waals surface area contributed by atoms with Crippen molar-refractivity contribution in [2.45, 2.75) is 45.5 Å². The second-order valence-electron chi connectivity index (χ2n) is 8.46. The Kier molecular flexibility index (Phi) is 7.65. The van der Waals surface area contributed by atoms with Gasteiger partial charge >= 0.3 is 11.8 Å². The Balaban J connectivity index is 2.09. The number of benzene rings is 2. The minimum absolute atomic E-state index is 0.0553. The summed E-state index contributed by atoms with van der Waals surface area (Å²) >= 11 is 3.01. The number of nitrogens with one attached hydrogen (secondary N) is 1. The molecule has 0 aliphatic carbocycles. The van der Waals surface area contributed by atoms with Crippen LogP contribution in [0.3, 0.4) is 0 Å². The number of alkyl carbamates (subject to hydrolysis) is 1. The Morgan fingerprint density at radius 3 is 2.29 bits per heavy atom. The van der Waals surface area contributed by atoms with Crippen LogP contribution < -0.4 is 16.6 Å². The lowest BCUT2D eigenvalue weighted by molar-refractivity contribution is 0.0477. The van der Waals surface area contributed by atoms with Crippen molar-refractivity contribution in [3.63, 3.8) is 0 Å². The molecule has 1 N–H and O–H groups in total. The first-order valence-electron chi connectivity index (χ1n) is 10.3. The molecular weight excluding hydrogens is 514 g/mol. The molecule has 8 nitrogen and oxygen atoms in total. The van der Waals surface area contributed by atoms with Gasteiger partial charge in [-0.05, 0) is 54.4 Å². The third-order valence-corrected chi connectivity index (χ3v) is 5.16. The van der Waals surface area contributed by atoms with Crippen LogP contribution in [-0.4, -0.2) is 26.0 Å². The lowest BCUT2D eigenvalue weighted by Crippen LogP contribution is -2.50. The van der Waals surface area contributed by atoms with Gasteiger partial charge < -0.3 is 10.1 Å². The highest BCUT2D eigenvalue weighted by atomic mass is 79.9. The summed E-state index contributed by atoms with van der Waals surface area (Å²) in [5, 5.41) is 6.40. The monoisotopic (exact) mass is 536 g/mol. The van der Waals surface area contributed by atoms with Crippen LogP contribution in [-0.2, 0) is 17.7 Å². The highest BCUT2D eigenvalue weighted by Gasteiger charge is 2.25. The van der Waals surface area contributed by atoms with E-state index < -0.39 is 52.9 Å². The molecule has 0 aliphatic heterocycles. The summed E-state index contributed by atoms with van der Waals surface area (Å²) < 4.78 is 34.9. The summed E-state index contributed by atoms with van der Waals surface area (Å²) in [6.07, 6.45) is -1.97. The van der Waals surface area contributed by atoms with E-state index in [1.807, 2.05) is 0 Å². The van der Waals surface area contributed by atoms with E-state index in [2.05, 4.69) is 26.3 Å². The molecule has 0 radical (unpaired) electrons. The summed E-state index contributed by atoms with van der Waals surface area (Å²) in [5.41, 5.74) is -2.29. The number of halogens is 3. The van der Waals surface area contributed by atoms with Crippen molar-refractivity contribution >= 4 is 22.0 Å². The molecule has 0 spiro atoms. The molecule has 0 saturated heterocycles. The molecule has 11 heteroatoms. The van der Waals surface area contributed by atoms with Crippen molar-refractivity contribution in [3.8, 4) is 0 Å². The molecule has 3 rings (SSSR count). The number of hydrogen-bond donors (Lipinski definition) is 1. The van der Waals surface area contributed by atoms with E-state index in [1.54, 1.807) is 51.1 Å². The van der Waals surface area contributed by atoms with Crippen molar-refractivity contribution in [2.24, 2.45) is 0 Å². The van der Waals surface area contributed by atoms with Crippen LogP contribution in [0.2, 0.25) is 0 Å². The molecule has 1 aromatic heterocycles. The molecule has 3 aromatic rings. The van der Waals surface area contributed by atoms with E-state index in [0.717, 1.165) is 26.9 Å². The van der Waals surface area contributed by atoms with Crippen LogP contribution in [0, 0.1) is 11.6 Å². The average molecular weight is 537 g/mol. The molecule has 0 fully saturated rings. The minimum atomic E-state index is -1.17. The fraction of sp³-hybridized carbons (Fsp3) is 0.304. The van der Waals surface area contributed by atoms with Crippen molar-refractivity contribution in [3.05, 3.63) is 96.7 Å². The minimum Gasteiger partial charge on any atom is -0.444 e. The predicted molar refractivity (Wildman–Crippen MR) is 124 cm³/mol. The third-order valence-electron chi connectivity index (χ3n) is 4.67. The number of carbonyl (C=O) groups is 1. The van der Waals surface area contributed by atoms with Crippen molar-refractivity contribution in [2.75, 3.05) is 0 Å². The number of carbonyl (C=O) groups excluding carboxylic acids is 1. The lowest BCUT2D eigenvalue weighted by atomic mass is 10.1. The van der Waals surface area contributed by atoms with Gasteiger partial charge in [0.05, 0.1) is 6.54 Å². The Labute approximate surface area is 202 Å². The number of hydrogen-bond acceptors (Lipinski definition) is 5. The molecular formula is C23H23BrF2N4O4. The van der Waals surface area contributed by atoms with Crippen molar-refractivity contribution < 1.29 is 18.3 Å². The van der Waals surface area contributed by atoms with Gasteiger partial charge in [-0.3, -0.25) is 4.79 Å². The highest BCUT2D eigenvalue weighted by Crippen LogP contribution is 2.15. The van der Waals surface area contributed by atoms with Gasteiger partial charge in [0.25, 0.3) is 5.56 Å². The molecule has 1 atom stereocenters. The SMILES string of the molecule is CC(C)(C)OC(=O)NC(Cc1ccccc1)n1c(=O)c(Br)nn(Cc2c(F)cccc2F)c1=O. The summed E-state index contributed by atoms with van der Waals surface area (Å²) in [6, 6.07) is 12.2. The van der Waals surface area contributed by atoms with Crippen molar-refractivity contribution in [1.29, 1.82) is 0 Å². The maximum Gasteiger partial charge on any atom is 0.409 e. The van der Waals surface area contributed by atoms with Gasteiger partial charge in [-0.15, -0.1) is 0 Å². The molecule has 34 heavy (non-hydrogen) atoms. The largest absolute Gasteiger partial charge is 0.444 e. The second-order valence-corrected chi connectivity index (χ2v) is 9.21. The van der Waals surface area contributed by atoms with E-state index in [1.165, 1.54) is 6.07 Å². The topological polar surface area (TPSA) is 95.2 Å². The van der Waals surface area contributed by atoms with E-state index in [4.69, 9.17) is 4.74 Å². The summed E-state index contributed by atoms with van der Waals surface area (Å²) in [6.45, 7) is 4.44. The summed E-state index contributed by atoms with van der Waals surface area (Å²) in [7, 11) is 0. The quantitative estimate of drug-likeness (QED) is 0.517. The van der Waals surface area contributed by atoms with Crippen molar-refractivity contribution in [1.82, 2.24) is 19.7 Å². The van der Waals surface area contributed by atoms with Gasteiger partial charge in [-0.25, -0.2) is 27.6 Å². The standard InChI is InChI=1S/C23H23BrF2N4O4/c1-23(2,3)34-21(32)27-18(12-14-8-5-4-6-9-14)30-20(31)19(24)28-29(22(30)33)13-15-16(25)10-7-11-17(15)26/h4-11,18H,12-13H2,1-3H3,(H,27,32). The van der Waals surface area contributed by atoms with Crippen LogP contribution in [0.4, 0.5) is 13.6 Å². The zero-order chi connectivity index (χ0) is 25.0. The fourth-order valence-electron chi connectivity index (χ4n) is 3.20. The highest BCUT2D eigenvalue weighted by molar-refractivity contribution is 9.10. The van der Waals surface area contributed by atoms with Gasteiger partial charge in [0, 0.05) is 12.0 Å². The first kappa shape index (κ1) is 25.3. The van der Waals surface area contributed by atoms with E-state index >= 15 is 0 Å². The summed E-state index contributed by atoms with van der Waals surface area (Å²) in [4.78, 5) is 38.7. The van der Waals surface area contributed by atoms with Gasteiger partial charge in [0.15, 0.2) is 4.60 Å². The maximum absolute atomic E-state index is 14.2. The normalized spacial score (nSPS) is 12.3. The Morgan fingerprint density at radius 2 is 1.71 bits per heavy atom. The van der Waals surface area contributed by atoms with E-state index in [9.17, 15) is 23.2 Å². The molecule has 0 bridgehead atoms. The molecule has 2 aromatic carbocycles. The number of amides is 1. The molecule has 1 unspecified atom stereocenters. The van der Waals surface area contributed by atoms with E-state index in [-0.39, 0.29) is 11.0 Å². The summed E-state index contributed by atoms with van der Waals surface area (Å²) in [5.74, 6) is -1.73. The van der Waals surface area contributed by atoms with Gasteiger partial charge in [0.2, 0.25) is 0 Å². The predicted octanol–water partition coefficient (Wildman–Crippen LogP) is 3.76. The molecule has 1 amide bonds. The van der Waals surface area contributed by atoms with Crippen LogP contribution >= 0.6 is 15.9 Å². The number of rotatable bonds is 6. The zero-order valence-corrected chi connectivity index (χ0v) is 20.3. The van der Waals surface area contributed by atoms with E-state index in [0.29, 0.717) is 0 Å². The molecule has 0 saturated carbocycles. The van der Waals surface area contributed by atoms with Gasteiger partial charge in [-0.1, -0.05) is 36.4 Å². The fourth-order valence-corrected chi connectivity index (χ4v) is 3.58. The first-order chi connectivity index (χ1) is 16.0. The van der Waals surface area contributed by atoms with Gasteiger partial charge in [-0.2, -0.15) is 5.10 Å². The molecule has 1 heterocycles. The lowest BCUT2D eigenvalue weighted by Gasteiger charge is -2.25. The Hall–Kier alpha value is -3.34. The smallest absolute Gasteiger partial charge is 0.409 e. The Morgan fingerprint density at radius 1 is 1.09 bits per heavy atom. The first-order valence-corrected chi connectivity index (χ1v) is 11.1. The maximum atomic E-state index is 14.2. The van der Waals surface area contributed by atoms with Crippen LogP contribution in [0.15, 0.2) is 62.7 Å². The number of ether oxygens (including phenoxy) is 1. The Bertz CT molecular complexity index is 1280. The van der Waals surface area contributed by atoms with Crippen LogP contribution in [0.25, 0.3) is 0 Å². The number of nitrogens with zero attached hydrogens (tertiary/aromatic N) is 3. The zero-order valence-electron chi connectivity index (χ0n) is 18.7. The third kappa shape index (κ3) is 6.16. The molecule has 0 aliphatic rings. The molecule has 180 valence electrons.